The highest BCUT2D eigenvalue weighted by Crippen LogP contribution is 2.36. The minimum Gasteiger partial charge on any atom is -0.326 e. The minimum atomic E-state index is -4.56. The van der Waals surface area contributed by atoms with Crippen LogP contribution in [0.4, 0.5) is 23.7 Å². The highest BCUT2D eigenvalue weighted by atomic mass is 19.4. The fourth-order valence-electron chi connectivity index (χ4n) is 2.91. The summed E-state index contributed by atoms with van der Waals surface area (Å²) in [7, 11) is 0. The number of rotatable bonds is 2. The van der Waals surface area contributed by atoms with E-state index in [0.717, 1.165) is 17.0 Å². The van der Waals surface area contributed by atoms with E-state index in [1.807, 2.05) is 12.1 Å². The summed E-state index contributed by atoms with van der Waals surface area (Å²) in [6.07, 6.45) is -3.19. The van der Waals surface area contributed by atoms with Crippen LogP contribution in [0.3, 0.4) is 0 Å². The number of benzene rings is 1. The summed E-state index contributed by atoms with van der Waals surface area (Å²) in [5.41, 5.74) is 0.114. The number of allylic oxidation sites excluding steroid dienone is 1. The molecule has 2 amide bonds. The monoisotopic (exact) mass is 383 g/mol. The van der Waals surface area contributed by atoms with Crippen molar-refractivity contribution >= 4 is 11.7 Å². The Bertz CT molecular complexity index is 1040. The maximum Gasteiger partial charge on any atom is 0.416 e. The molecule has 1 atom stereocenters. The van der Waals surface area contributed by atoms with Crippen LogP contribution in [0.2, 0.25) is 0 Å². The molecule has 2 heterocycles. The van der Waals surface area contributed by atoms with Crippen molar-refractivity contribution in [1.82, 2.24) is 10.3 Å². The van der Waals surface area contributed by atoms with E-state index in [2.05, 4.69) is 10.3 Å². The summed E-state index contributed by atoms with van der Waals surface area (Å²) in [4.78, 5) is 17.6. The second-order valence-electron chi connectivity index (χ2n) is 5.97. The van der Waals surface area contributed by atoms with Crippen LogP contribution in [0, 0.1) is 22.7 Å². The van der Waals surface area contributed by atoms with Crippen molar-refractivity contribution in [3.8, 4) is 12.1 Å². The number of anilines is 1. The third-order valence-electron chi connectivity index (χ3n) is 4.27. The molecule has 9 heteroatoms. The smallest absolute Gasteiger partial charge is 0.326 e. The molecule has 0 saturated heterocycles. The topological polar surface area (TPSA) is 92.8 Å². The zero-order valence-electron chi connectivity index (χ0n) is 14.4. The van der Waals surface area contributed by atoms with Crippen molar-refractivity contribution in [2.45, 2.75) is 19.1 Å². The molecule has 0 radical (unpaired) electrons. The predicted molar refractivity (Wildman–Crippen MR) is 92.5 cm³/mol. The number of hydrogen-bond acceptors (Lipinski definition) is 4. The van der Waals surface area contributed by atoms with E-state index in [4.69, 9.17) is 5.26 Å². The highest BCUT2D eigenvalue weighted by Gasteiger charge is 2.35. The van der Waals surface area contributed by atoms with Gasteiger partial charge in [0.1, 0.15) is 11.8 Å². The highest BCUT2D eigenvalue weighted by molar-refractivity contribution is 5.97. The third kappa shape index (κ3) is 3.38. The van der Waals surface area contributed by atoms with E-state index >= 15 is 0 Å². The van der Waals surface area contributed by atoms with Gasteiger partial charge in [0.05, 0.1) is 28.9 Å². The van der Waals surface area contributed by atoms with E-state index < -0.39 is 23.8 Å². The lowest BCUT2D eigenvalue weighted by molar-refractivity contribution is -0.137. The quantitative estimate of drug-likeness (QED) is 0.847. The molecule has 0 spiro atoms. The fraction of sp³-hybridized carbons (Fsp3) is 0.158. The zero-order chi connectivity index (χ0) is 20.5. The number of hydrogen-bond donors (Lipinski definition) is 1. The van der Waals surface area contributed by atoms with Gasteiger partial charge in [-0.05, 0) is 36.8 Å². The molecule has 0 aliphatic carbocycles. The van der Waals surface area contributed by atoms with Crippen LogP contribution in [0.25, 0.3) is 0 Å². The van der Waals surface area contributed by atoms with Crippen molar-refractivity contribution in [2.24, 2.45) is 0 Å². The molecule has 3 rings (SSSR count). The van der Waals surface area contributed by atoms with Gasteiger partial charge < -0.3 is 5.32 Å². The standard InChI is InChI=1S/C19H12F3N5O/c1-11-16(9-24)17(12-5-6-14(8-23)25-10-12)26-18(28)27(11)15-4-2-3-13(7-15)19(20,21)22/h2-7,10,17H,1H3,(H,26,28). The van der Waals surface area contributed by atoms with Crippen LogP contribution in [-0.4, -0.2) is 11.0 Å². The van der Waals surface area contributed by atoms with Gasteiger partial charge in [-0.3, -0.25) is 4.90 Å². The van der Waals surface area contributed by atoms with Gasteiger partial charge in [0.15, 0.2) is 0 Å². The van der Waals surface area contributed by atoms with Gasteiger partial charge >= 0.3 is 12.2 Å². The zero-order valence-corrected chi connectivity index (χ0v) is 14.4. The number of nitrogens with one attached hydrogen (secondary N) is 1. The molecule has 1 aliphatic rings. The van der Waals surface area contributed by atoms with Crippen LogP contribution >= 0.6 is 0 Å². The molecule has 0 saturated carbocycles. The van der Waals surface area contributed by atoms with Crippen LogP contribution < -0.4 is 10.2 Å². The first-order valence-corrected chi connectivity index (χ1v) is 8.01. The van der Waals surface area contributed by atoms with Gasteiger partial charge in [-0.1, -0.05) is 12.1 Å². The number of alkyl halides is 3. The van der Waals surface area contributed by atoms with E-state index in [1.54, 1.807) is 6.07 Å². The van der Waals surface area contributed by atoms with E-state index in [-0.39, 0.29) is 22.7 Å². The van der Waals surface area contributed by atoms with E-state index in [9.17, 15) is 23.2 Å². The number of aromatic nitrogens is 1. The van der Waals surface area contributed by atoms with Crippen molar-refractivity contribution in [3.63, 3.8) is 0 Å². The Morgan fingerprint density at radius 3 is 2.50 bits per heavy atom. The first-order chi connectivity index (χ1) is 13.3. The Kier molecular flexibility index (Phi) is 4.76. The Hall–Kier alpha value is -3.85. The molecule has 0 bridgehead atoms. The number of pyridine rings is 1. The summed E-state index contributed by atoms with van der Waals surface area (Å²) >= 11 is 0. The number of nitrogens with zero attached hydrogens (tertiary/aromatic N) is 4. The van der Waals surface area contributed by atoms with Crippen LogP contribution in [0.15, 0.2) is 53.9 Å². The first-order valence-electron chi connectivity index (χ1n) is 8.01. The van der Waals surface area contributed by atoms with Crippen molar-refractivity contribution < 1.29 is 18.0 Å². The molecule has 2 aromatic rings. The molecule has 1 aliphatic heterocycles. The van der Waals surface area contributed by atoms with Gasteiger partial charge in [0, 0.05) is 11.9 Å². The molecule has 6 nitrogen and oxygen atoms in total. The number of urea groups is 1. The molecule has 0 fully saturated rings. The minimum absolute atomic E-state index is 0.00558. The molecular weight excluding hydrogens is 371 g/mol. The first kappa shape index (κ1) is 18.9. The number of amides is 2. The summed E-state index contributed by atoms with van der Waals surface area (Å²) < 4.78 is 39.0. The van der Waals surface area contributed by atoms with Crippen molar-refractivity contribution in [1.29, 1.82) is 10.5 Å². The Balaban J connectivity index is 2.06. The average molecular weight is 383 g/mol. The number of nitriles is 2. The average Bonchev–Trinajstić information content (AvgIpc) is 2.67. The maximum absolute atomic E-state index is 13.0. The van der Waals surface area contributed by atoms with Gasteiger partial charge in [-0.2, -0.15) is 23.7 Å². The second kappa shape index (κ2) is 7.05. The summed E-state index contributed by atoms with van der Waals surface area (Å²) in [6, 6.07) is 9.69. The normalized spacial score (nSPS) is 17.0. The van der Waals surface area contributed by atoms with Crippen molar-refractivity contribution in [2.75, 3.05) is 4.90 Å². The van der Waals surface area contributed by atoms with Gasteiger partial charge in [0.25, 0.3) is 0 Å². The Morgan fingerprint density at radius 2 is 1.93 bits per heavy atom. The van der Waals surface area contributed by atoms with Gasteiger partial charge in [-0.15, -0.1) is 0 Å². The van der Waals surface area contributed by atoms with Gasteiger partial charge in [0.2, 0.25) is 0 Å². The summed E-state index contributed by atoms with van der Waals surface area (Å²) in [5, 5.41) is 21.0. The lowest BCUT2D eigenvalue weighted by Crippen LogP contribution is -2.46. The van der Waals surface area contributed by atoms with E-state index in [1.165, 1.54) is 31.3 Å². The number of halogens is 3. The largest absolute Gasteiger partial charge is 0.416 e. The van der Waals surface area contributed by atoms with Gasteiger partial charge in [-0.25, -0.2) is 9.78 Å². The van der Waals surface area contributed by atoms with E-state index in [0.29, 0.717) is 5.56 Å². The molecule has 1 aromatic heterocycles. The summed E-state index contributed by atoms with van der Waals surface area (Å²) in [6.45, 7) is 1.49. The van der Waals surface area contributed by atoms with Crippen LogP contribution in [0.1, 0.15) is 29.8 Å². The Labute approximate surface area is 158 Å². The lowest BCUT2D eigenvalue weighted by Gasteiger charge is -2.34. The maximum atomic E-state index is 13.0. The van der Waals surface area contributed by atoms with Crippen molar-refractivity contribution in [3.05, 3.63) is 70.7 Å². The lowest BCUT2D eigenvalue weighted by atomic mass is 9.96. The predicted octanol–water partition coefficient (Wildman–Crippen LogP) is 4.04. The molecular formula is C19H12F3N5O. The number of carbonyl (C=O) groups excluding carboxylic acids is 1. The molecule has 140 valence electrons. The molecule has 28 heavy (non-hydrogen) atoms. The third-order valence-corrected chi connectivity index (χ3v) is 4.27. The molecule has 1 aromatic carbocycles. The number of carbonyl (C=O) groups is 1. The summed E-state index contributed by atoms with van der Waals surface area (Å²) in [5.74, 6) is 0. The van der Waals surface area contributed by atoms with Crippen LogP contribution in [0.5, 0.6) is 0 Å². The molecule has 1 N–H and O–H groups in total. The SMILES string of the molecule is CC1=C(C#N)C(c2ccc(C#N)nc2)NC(=O)N1c1cccc(C(F)(F)F)c1. The fourth-order valence-corrected chi connectivity index (χ4v) is 2.91. The molecule has 1 unspecified atom stereocenters. The second-order valence-corrected chi connectivity index (χ2v) is 5.97. The Morgan fingerprint density at radius 1 is 1.18 bits per heavy atom. The van der Waals surface area contributed by atoms with Crippen LogP contribution in [-0.2, 0) is 6.18 Å².